The Bertz CT molecular complexity index is 823. The molecule has 1 unspecified atom stereocenters. The number of carbonyl (C=O) groups is 4. The maximum absolute atomic E-state index is 12.7. The molecule has 1 saturated heterocycles. The largest absolute Gasteiger partial charge is 0.472 e. The Balaban J connectivity index is 1.75. The molecule has 11 heteroatoms. The summed E-state index contributed by atoms with van der Waals surface area (Å²) in [5, 5.41) is 2.19. The van der Waals surface area contributed by atoms with Crippen LogP contribution in [0.15, 0.2) is 34.3 Å². The number of nitrogens with zero attached hydrogens (tertiary/aromatic N) is 1. The monoisotopic (exact) mass is 520 g/mol. The second-order valence-corrected chi connectivity index (χ2v) is 8.09. The molecule has 1 fully saturated rings. The molecule has 3 heterocycles. The predicted molar refractivity (Wildman–Crippen MR) is 106 cm³/mol. The van der Waals surface area contributed by atoms with E-state index in [0.717, 1.165) is 0 Å². The van der Waals surface area contributed by atoms with Gasteiger partial charge in [0.25, 0.3) is 5.91 Å². The van der Waals surface area contributed by atoms with E-state index in [9.17, 15) is 19.2 Å². The first-order chi connectivity index (χ1) is 13.5. The van der Waals surface area contributed by atoms with E-state index >= 15 is 0 Å². The van der Waals surface area contributed by atoms with Gasteiger partial charge in [-0.05, 0) is 11.6 Å². The molecule has 0 bridgehead atoms. The molecule has 0 radical (unpaired) electrons. The van der Waals surface area contributed by atoms with Crippen molar-refractivity contribution in [1.29, 1.82) is 0 Å². The highest BCUT2D eigenvalue weighted by Crippen LogP contribution is 2.41. The molecular weight excluding hydrogens is 503 g/mol. The standard InChI is InChI=1S/C17H17IN2O7S/c1-25-16(23)10-8-28-15-12(19-11(21)6-9-2-4-26-7-9)14(22)20(15)13(10)17(24)27-5-3-18/h2,4,7,12,15H,3,5-6,8H2,1H3,(H,19,21)/t12?,15-/m0/s1. The highest BCUT2D eigenvalue weighted by molar-refractivity contribution is 14.1. The molecule has 3 rings (SSSR count). The van der Waals surface area contributed by atoms with Crippen molar-refractivity contribution in [2.24, 2.45) is 0 Å². The van der Waals surface area contributed by atoms with Crippen LogP contribution in [0.4, 0.5) is 0 Å². The number of ether oxygens (including phenoxy) is 2. The van der Waals surface area contributed by atoms with Crippen molar-refractivity contribution in [3.05, 3.63) is 35.4 Å². The number of esters is 2. The van der Waals surface area contributed by atoms with Crippen LogP contribution in [0.1, 0.15) is 5.56 Å². The second-order valence-electron chi connectivity index (χ2n) is 5.91. The molecule has 1 aromatic heterocycles. The lowest BCUT2D eigenvalue weighted by Crippen LogP contribution is -2.71. The van der Waals surface area contributed by atoms with Gasteiger partial charge in [0.2, 0.25) is 5.91 Å². The Hall–Kier alpha value is -2.02. The van der Waals surface area contributed by atoms with Crippen LogP contribution in [0, 0.1) is 0 Å². The second kappa shape index (κ2) is 8.99. The van der Waals surface area contributed by atoms with Gasteiger partial charge in [-0.2, -0.15) is 0 Å². The summed E-state index contributed by atoms with van der Waals surface area (Å²) >= 11 is 3.32. The molecule has 0 spiro atoms. The van der Waals surface area contributed by atoms with E-state index in [1.54, 1.807) is 6.07 Å². The van der Waals surface area contributed by atoms with Gasteiger partial charge in [0.05, 0.1) is 31.6 Å². The third-order valence-electron chi connectivity index (χ3n) is 4.17. The zero-order valence-electron chi connectivity index (χ0n) is 14.8. The molecule has 1 aromatic rings. The van der Waals surface area contributed by atoms with E-state index < -0.39 is 29.3 Å². The predicted octanol–water partition coefficient (Wildman–Crippen LogP) is 0.627. The van der Waals surface area contributed by atoms with E-state index in [0.29, 0.717) is 9.99 Å². The summed E-state index contributed by atoms with van der Waals surface area (Å²) in [6.07, 6.45) is 2.99. The van der Waals surface area contributed by atoms with Crippen molar-refractivity contribution in [2.45, 2.75) is 17.8 Å². The van der Waals surface area contributed by atoms with Crippen LogP contribution in [0.5, 0.6) is 0 Å². The van der Waals surface area contributed by atoms with Crippen molar-refractivity contribution in [1.82, 2.24) is 10.2 Å². The number of methoxy groups -OCH3 is 1. The fourth-order valence-electron chi connectivity index (χ4n) is 2.89. The average molecular weight is 520 g/mol. The summed E-state index contributed by atoms with van der Waals surface area (Å²) in [4.78, 5) is 50.6. The number of hydrogen-bond acceptors (Lipinski definition) is 8. The van der Waals surface area contributed by atoms with Gasteiger partial charge in [0.1, 0.15) is 23.7 Å². The van der Waals surface area contributed by atoms with Gasteiger partial charge >= 0.3 is 11.9 Å². The fourth-order valence-corrected chi connectivity index (χ4v) is 4.44. The number of nitrogens with one attached hydrogen (secondary N) is 1. The van der Waals surface area contributed by atoms with Crippen molar-refractivity contribution < 1.29 is 33.1 Å². The van der Waals surface area contributed by atoms with E-state index in [2.05, 4.69) is 5.32 Å². The van der Waals surface area contributed by atoms with Crippen LogP contribution in [0.2, 0.25) is 0 Å². The zero-order valence-corrected chi connectivity index (χ0v) is 17.8. The normalized spacial score (nSPS) is 20.9. The molecule has 1 N–H and O–H groups in total. The zero-order chi connectivity index (χ0) is 20.3. The summed E-state index contributed by atoms with van der Waals surface area (Å²) in [5.74, 6) is -2.08. The molecule has 150 valence electrons. The molecule has 28 heavy (non-hydrogen) atoms. The lowest BCUT2D eigenvalue weighted by atomic mass is 10.0. The summed E-state index contributed by atoms with van der Waals surface area (Å²) in [7, 11) is 1.21. The lowest BCUT2D eigenvalue weighted by molar-refractivity contribution is -0.153. The number of fused-ring (bicyclic) bond motifs is 1. The number of furan rings is 1. The Morgan fingerprint density at radius 1 is 1.39 bits per heavy atom. The van der Waals surface area contributed by atoms with E-state index in [4.69, 9.17) is 13.9 Å². The van der Waals surface area contributed by atoms with Crippen molar-refractivity contribution in [3.8, 4) is 0 Å². The smallest absolute Gasteiger partial charge is 0.355 e. The molecule has 2 amide bonds. The van der Waals surface area contributed by atoms with Crippen LogP contribution >= 0.6 is 34.4 Å². The SMILES string of the molecule is COC(=O)C1=C(C(=O)OCCI)N2C(=O)C(NC(=O)Cc3ccoc3)[C@@H]2SC1. The number of carbonyl (C=O) groups excluding carboxylic acids is 4. The summed E-state index contributed by atoms with van der Waals surface area (Å²) in [6.45, 7) is 0.155. The molecular formula is C17H17IN2O7S. The number of hydrogen-bond donors (Lipinski definition) is 1. The Labute approximate surface area is 178 Å². The number of amides is 2. The van der Waals surface area contributed by atoms with Crippen LogP contribution < -0.4 is 5.32 Å². The van der Waals surface area contributed by atoms with Crippen LogP contribution in [0.25, 0.3) is 0 Å². The minimum atomic E-state index is -0.782. The average Bonchev–Trinajstić information content (AvgIpc) is 3.21. The molecule has 0 saturated carbocycles. The van der Waals surface area contributed by atoms with Gasteiger partial charge in [-0.15, -0.1) is 11.8 Å². The van der Waals surface area contributed by atoms with Gasteiger partial charge in [-0.25, -0.2) is 9.59 Å². The number of β-lactam (4-membered cyclic amide) rings is 1. The van der Waals surface area contributed by atoms with Gasteiger partial charge in [-0.3, -0.25) is 14.5 Å². The maximum Gasteiger partial charge on any atom is 0.355 e. The quantitative estimate of drug-likeness (QED) is 0.241. The summed E-state index contributed by atoms with van der Waals surface area (Å²) in [5.41, 5.74) is 0.665. The van der Waals surface area contributed by atoms with Crippen molar-refractivity contribution in [2.75, 3.05) is 23.9 Å². The minimum absolute atomic E-state index is 0.0749. The first kappa shape index (κ1) is 20.7. The highest BCUT2D eigenvalue weighted by atomic mass is 127. The topological polar surface area (TPSA) is 115 Å². The highest BCUT2D eigenvalue weighted by Gasteiger charge is 2.55. The molecule has 2 aliphatic rings. The van der Waals surface area contributed by atoms with Gasteiger partial charge in [0.15, 0.2) is 0 Å². The van der Waals surface area contributed by atoms with Crippen LogP contribution in [-0.4, -0.2) is 64.0 Å². The number of rotatable bonds is 7. The van der Waals surface area contributed by atoms with Crippen molar-refractivity contribution in [3.63, 3.8) is 0 Å². The summed E-state index contributed by atoms with van der Waals surface area (Å²) in [6, 6.07) is 0.882. The van der Waals surface area contributed by atoms with E-state index in [-0.39, 0.29) is 36.0 Å². The number of thioether (sulfide) groups is 1. The number of halogens is 1. The third kappa shape index (κ3) is 4.04. The Morgan fingerprint density at radius 2 is 2.18 bits per heavy atom. The van der Waals surface area contributed by atoms with Crippen molar-refractivity contribution >= 4 is 58.1 Å². The van der Waals surface area contributed by atoms with E-state index in [1.807, 2.05) is 22.6 Å². The Morgan fingerprint density at radius 3 is 2.82 bits per heavy atom. The van der Waals surface area contributed by atoms with Gasteiger partial charge in [0, 0.05) is 10.2 Å². The first-order valence-corrected chi connectivity index (χ1v) is 10.8. The van der Waals surface area contributed by atoms with E-state index in [1.165, 1.54) is 36.3 Å². The van der Waals surface area contributed by atoms with Gasteiger partial charge < -0.3 is 19.2 Å². The van der Waals surface area contributed by atoms with Crippen LogP contribution in [0.3, 0.4) is 0 Å². The Kier molecular flexibility index (Phi) is 6.65. The molecule has 0 aromatic carbocycles. The maximum atomic E-state index is 12.7. The first-order valence-electron chi connectivity index (χ1n) is 8.27. The summed E-state index contributed by atoms with van der Waals surface area (Å²) < 4.78 is 15.4. The third-order valence-corrected chi connectivity index (χ3v) is 5.89. The molecule has 0 aliphatic carbocycles. The minimum Gasteiger partial charge on any atom is -0.472 e. The molecule has 2 aliphatic heterocycles. The van der Waals surface area contributed by atoms with Gasteiger partial charge in [-0.1, -0.05) is 22.6 Å². The molecule has 2 atom stereocenters. The number of alkyl halides is 1. The van der Waals surface area contributed by atoms with Crippen LogP contribution in [-0.2, 0) is 35.1 Å². The lowest BCUT2D eigenvalue weighted by Gasteiger charge is -2.49. The molecule has 9 nitrogen and oxygen atoms in total. The fraction of sp³-hybridized carbons (Fsp3) is 0.412.